The Morgan fingerprint density at radius 3 is 2.40 bits per heavy atom. The van der Waals surface area contributed by atoms with Crippen LogP contribution >= 0.6 is 11.6 Å². The van der Waals surface area contributed by atoms with Gasteiger partial charge in [-0.2, -0.15) is 0 Å². The summed E-state index contributed by atoms with van der Waals surface area (Å²) >= 11 is 6.15. The zero-order valence-electron chi connectivity index (χ0n) is 9.16. The molecule has 0 aliphatic carbocycles. The summed E-state index contributed by atoms with van der Waals surface area (Å²) in [4.78, 5) is 2.33. The molecule has 1 aliphatic rings. The van der Waals surface area contributed by atoms with Crippen molar-refractivity contribution in [3.63, 3.8) is 0 Å². The standard InChI is InChI=1S/C12H16ClNO/c1-12(13)8-14(9-12)7-10-3-5-11(15-2)6-4-10/h3-6H,7-9H2,1-2H3. The fourth-order valence-electron chi connectivity index (χ4n) is 1.99. The molecular weight excluding hydrogens is 210 g/mol. The summed E-state index contributed by atoms with van der Waals surface area (Å²) in [7, 11) is 1.68. The van der Waals surface area contributed by atoms with Crippen LogP contribution in [0, 0.1) is 0 Å². The molecule has 0 amide bonds. The van der Waals surface area contributed by atoms with Crippen LogP contribution in [-0.2, 0) is 6.54 Å². The van der Waals surface area contributed by atoms with Crippen molar-refractivity contribution in [2.45, 2.75) is 18.3 Å². The van der Waals surface area contributed by atoms with Crippen molar-refractivity contribution < 1.29 is 4.74 Å². The van der Waals surface area contributed by atoms with E-state index < -0.39 is 0 Å². The van der Waals surface area contributed by atoms with Gasteiger partial charge in [-0.25, -0.2) is 0 Å². The van der Waals surface area contributed by atoms with Gasteiger partial charge in [0.05, 0.1) is 12.0 Å². The number of methoxy groups -OCH3 is 1. The minimum absolute atomic E-state index is 0.00747. The highest BCUT2D eigenvalue weighted by Crippen LogP contribution is 2.28. The van der Waals surface area contributed by atoms with Crippen LogP contribution in [0.25, 0.3) is 0 Å². The average Bonchev–Trinajstić information content (AvgIpc) is 2.16. The lowest BCUT2D eigenvalue weighted by Crippen LogP contribution is -2.55. The second-order valence-electron chi connectivity index (χ2n) is 4.41. The SMILES string of the molecule is COc1ccc(CN2CC(C)(Cl)C2)cc1. The van der Waals surface area contributed by atoms with Crippen LogP contribution in [0.3, 0.4) is 0 Å². The molecule has 1 aliphatic heterocycles. The van der Waals surface area contributed by atoms with E-state index in [1.807, 2.05) is 12.1 Å². The Hall–Kier alpha value is -0.730. The molecule has 1 fully saturated rings. The zero-order chi connectivity index (χ0) is 10.9. The fourth-order valence-corrected chi connectivity index (χ4v) is 2.33. The van der Waals surface area contributed by atoms with E-state index >= 15 is 0 Å². The Bertz CT molecular complexity index is 326. The van der Waals surface area contributed by atoms with Gasteiger partial charge in [0.1, 0.15) is 5.75 Å². The van der Waals surface area contributed by atoms with Crippen LogP contribution in [0.1, 0.15) is 12.5 Å². The molecule has 3 heteroatoms. The number of rotatable bonds is 3. The summed E-state index contributed by atoms with van der Waals surface area (Å²) in [5.41, 5.74) is 1.31. The van der Waals surface area contributed by atoms with Gasteiger partial charge in [0.25, 0.3) is 0 Å². The van der Waals surface area contributed by atoms with E-state index in [4.69, 9.17) is 16.3 Å². The molecule has 0 saturated carbocycles. The van der Waals surface area contributed by atoms with Crippen LogP contribution in [0.5, 0.6) is 5.75 Å². The van der Waals surface area contributed by atoms with Gasteiger partial charge in [0, 0.05) is 19.6 Å². The number of hydrogen-bond acceptors (Lipinski definition) is 2. The van der Waals surface area contributed by atoms with Gasteiger partial charge >= 0.3 is 0 Å². The lowest BCUT2D eigenvalue weighted by atomic mass is 10.0. The maximum Gasteiger partial charge on any atom is 0.118 e. The van der Waals surface area contributed by atoms with Crippen molar-refractivity contribution in [2.24, 2.45) is 0 Å². The first-order valence-corrected chi connectivity index (χ1v) is 5.51. The quantitative estimate of drug-likeness (QED) is 0.733. The predicted molar refractivity (Wildman–Crippen MR) is 62.5 cm³/mol. The van der Waals surface area contributed by atoms with E-state index in [1.165, 1.54) is 5.56 Å². The minimum Gasteiger partial charge on any atom is -0.497 e. The highest BCUT2D eigenvalue weighted by molar-refractivity contribution is 6.24. The van der Waals surface area contributed by atoms with Crippen LogP contribution in [0.2, 0.25) is 0 Å². The molecule has 0 N–H and O–H groups in total. The van der Waals surface area contributed by atoms with E-state index in [0.29, 0.717) is 0 Å². The smallest absolute Gasteiger partial charge is 0.118 e. The monoisotopic (exact) mass is 225 g/mol. The summed E-state index contributed by atoms with van der Waals surface area (Å²) in [5, 5.41) is 0. The molecule has 82 valence electrons. The molecule has 2 rings (SSSR count). The number of likely N-dealkylation sites (tertiary alicyclic amines) is 1. The number of nitrogens with zero attached hydrogens (tertiary/aromatic N) is 1. The Morgan fingerprint density at radius 2 is 1.93 bits per heavy atom. The Morgan fingerprint density at radius 1 is 1.33 bits per heavy atom. The van der Waals surface area contributed by atoms with Crippen molar-refractivity contribution in [3.05, 3.63) is 29.8 Å². The van der Waals surface area contributed by atoms with Gasteiger partial charge < -0.3 is 4.74 Å². The van der Waals surface area contributed by atoms with Gasteiger partial charge in [-0.3, -0.25) is 4.90 Å². The third-order valence-corrected chi connectivity index (χ3v) is 2.91. The average molecular weight is 226 g/mol. The minimum atomic E-state index is -0.00747. The topological polar surface area (TPSA) is 12.5 Å². The van der Waals surface area contributed by atoms with Crippen molar-refractivity contribution in [3.8, 4) is 5.75 Å². The first kappa shape index (κ1) is 10.8. The molecule has 0 spiro atoms. The van der Waals surface area contributed by atoms with Crippen molar-refractivity contribution in [2.75, 3.05) is 20.2 Å². The molecule has 0 radical (unpaired) electrons. The van der Waals surface area contributed by atoms with Gasteiger partial charge in [-0.1, -0.05) is 12.1 Å². The van der Waals surface area contributed by atoms with Crippen LogP contribution < -0.4 is 4.74 Å². The number of ether oxygens (including phenoxy) is 1. The highest BCUT2D eigenvalue weighted by Gasteiger charge is 2.36. The first-order chi connectivity index (χ1) is 7.09. The predicted octanol–water partition coefficient (Wildman–Crippen LogP) is 2.51. The molecule has 2 nitrogen and oxygen atoms in total. The van der Waals surface area contributed by atoms with Gasteiger partial charge in [-0.05, 0) is 24.6 Å². The maximum atomic E-state index is 6.15. The van der Waals surface area contributed by atoms with Crippen LogP contribution in [-0.4, -0.2) is 30.0 Å². The number of alkyl halides is 1. The molecule has 1 saturated heterocycles. The summed E-state index contributed by atoms with van der Waals surface area (Å²) in [6.45, 7) is 5.01. The zero-order valence-corrected chi connectivity index (χ0v) is 9.92. The first-order valence-electron chi connectivity index (χ1n) is 5.13. The second-order valence-corrected chi connectivity index (χ2v) is 5.32. The molecule has 0 aromatic heterocycles. The maximum absolute atomic E-state index is 6.15. The Kier molecular flexibility index (Phi) is 2.89. The van der Waals surface area contributed by atoms with E-state index in [2.05, 4.69) is 24.0 Å². The largest absolute Gasteiger partial charge is 0.497 e. The van der Waals surface area contributed by atoms with Crippen molar-refractivity contribution in [1.82, 2.24) is 4.90 Å². The normalized spacial score (nSPS) is 19.7. The van der Waals surface area contributed by atoms with E-state index in [-0.39, 0.29) is 4.87 Å². The van der Waals surface area contributed by atoms with Gasteiger partial charge in [-0.15, -0.1) is 11.6 Å². The summed E-state index contributed by atoms with van der Waals surface area (Å²) in [6.07, 6.45) is 0. The molecule has 0 unspecified atom stereocenters. The molecule has 0 atom stereocenters. The lowest BCUT2D eigenvalue weighted by molar-refractivity contribution is 0.124. The van der Waals surface area contributed by atoms with Crippen molar-refractivity contribution in [1.29, 1.82) is 0 Å². The molecular formula is C12H16ClNO. The number of benzene rings is 1. The number of halogens is 1. The summed E-state index contributed by atoms with van der Waals surface area (Å²) < 4.78 is 5.11. The van der Waals surface area contributed by atoms with Crippen molar-refractivity contribution >= 4 is 11.6 Å². The fraction of sp³-hybridized carbons (Fsp3) is 0.500. The molecule has 1 aromatic rings. The lowest BCUT2D eigenvalue weighted by Gasteiger charge is -2.43. The highest BCUT2D eigenvalue weighted by atomic mass is 35.5. The second kappa shape index (κ2) is 4.03. The van der Waals surface area contributed by atoms with Crippen LogP contribution in [0.15, 0.2) is 24.3 Å². The Labute approximate surface area is 95.8 Å². The number of hydrogen-bond donors (Lipinski definition) is 0. The Balaban J connectivity index is 1.89. The van der Waals surface area contributed by atoms with Crippen LogP contribution in [0.4, 0.5) is 0 Å². The van der Waals surface area contributed by atoms with Gasteiger partial charge in [0.2, 0.25) is 0 Å². The van der Waals surface area contributed by atoms with E-state index in [0.717, 1.165) is 25.4 Å². The third-order valence-electron chi connectivity index (χ3n) is 2.67. The summed E-state index contributed by atoms with van der Waals surface area (Å²) in [6, 6.07) is 8.19. The summed E-state index contributed by atoms with van der Waals surface area (Å²) in [5.74, 6) is 0.907. The van der Waals surface area contributed by atoms with E-state index in [1.54, 1.807) is 7.11 Å². The van der Waals surface area contributed by atoms with E-state index in [9.17, 15) is 0 Å². The molecule has 15 heavy (non-hydrogen) atoms. The molecule has 0 bridgehead atoms. The molecule has 1 heterocycles. The molecule has 1 aromatic carbocycles. The van der Waals surface area contributed by atoms with Gasteiger partial charge in [0.15, 0.2) is 0 Å². The third kappa shape index (κ3) is 2.64.